The van der Waals surface area contributed by atoms with Crippen molar-refractivity contribution in [3.05, 3.63) is 56.7 Å². The number of benzene rings is 1. The van der Waals surface area contributed by atoms with Crippen molar-refractivity contribution in [1.29, 1.82) is 0 Å². The van der Waals surface area contributed by atoms with Crippen molar-refractivity contribution in [3.8, 4) is 0 Å². The minimum atomic E-state index is -0.527. The van der Waals surface area contributed by atoms with E-state index in [1.165, 1.54) is 17.6 Å². The maximum atomic E-state index is 12.8. The molecular formula is C22H26ClN3O3S. The molecule has 8 heteroatoms. The van der Waals surface area contributed by atoms with Gasteiger partial charge in [-0.05, 0) is 35.1 Å². The van der Waals surface area contributed by atoms with E-state index >= 15 is 0 Å². The maximum Gasteiger partial charge on any atom is 0.327 e. The van der Waals surface area contributed by atoms with Crippen LogP contribution in [0.3, 0.4) is 0 Å². The highest BCUT2D eigenvalue weighted by Gasteiger charge is 2.33. The molecule has 0 aliphatic carbocycles. The molecule has 1 aromatic carbocycles. The lowest BCUT2D eigenvalue weighted by atomic mass is 10.0. The molecule has 1 atom stereocenters. The highest BCUT2D eigenvalue weighted by Crippen LogP contribution is 2.29. The highest BCUT2D eigenvalue weighted by molar-refractivity contribution is 7.10. The Labute approximate surface area is 186 Å². The second kappa shape index (κ2) is 9.47. The number of rotatable bonds is 5. The summed E-state index contributed by atoms with van der Waals surface area (Å²) in [4.78, 5) is 33.0. The number of hydrogen-bond donors (Lipinski definition) is 0. The van der Waals surface area contributed by atoms with Crippen LogP contribution in [-0.2, 0) is 27.3 Å². The van der Waals surface area contributed by atoms with Crippen LogP contribution in [0.2, 0.25) is 5.02 Å². The van der Waals surface area contributed by atoms with E-state index in [1.807, 2.05) is 23.1 Å². The summed E-state index contributed by atoms with van der Waals surface area (Å²) in [6.07, 6.45) is 0.950. The Kier molecular flexibility index (Phi) is 6.73. The van der Waals surface area contributed by atoms with Crippen molar-refractivity contribution in [2.45, 2.75) is 19.0 Å². The zero-order chi connectivity index (χ0) is 21.1. The zero-order valence-corrected chi connectivity index (χ0v) is 18.6. The van der Waals surface area contributed by atoms with Crippen molar-refractivity contribution >= 4 is 34.8 Å². The van der Waals surface area contributed by atoms with Gasteiger partial charge < -0.3 is 9.64 Å². The Bertz CT molecular complexity index is 911. The van der Waals surface area contributed by atoms with Gasteiger partial charge in [-0.2, -0.15) is 0 Å². The predicted molar refractivity (Wildman–Crippen MR) is 118 cm³/mol. The molecule has 0 saturated carbocycles. The zero-order valence-electron chi connectivity index (χ0n) is 17.1. The van der Waals surface area contributed by atoms with Crippen LogP contribution in [0, 0.1) is 0 Å². The van der Waals surface area contributed by atoms with Gasteiger partial charge in [-0.25, -0.2) is 4.79 Å². The fraction of sp³-hybridized carbons (Fsp3) is 0.455. The third-order valence-corrected chi connectivity index (χ3v) is 7.28. The van der Waals surface area contributed by atoms with E-state index in [2.05, 4.69) is 21.2 Å². The number of carbonyl (C=O) groups is 2. The molecule has 1 fully saturated rings. The lowest BCUT2D eigenvalue weighted by Gasteiger charge is -2.39. The lowest BCUT2D eigenvalue weighted by Crippen LogP contribution is -2.52. The van der Waals surface area contributed by atoms with E-state index in [1.54, 1.807) is 17.4 Å². The second-order valence-corrected chi connectivity index (χ2v) is 9.10. The van der Waals surface area contributed by atoms with Crippen LogP contribution in [-0.4, -0.2) is 73.0 Å². The van der Waals surface area contributed by atoms with Crippen LogP contribution in [0.15, 0.2) is 35.7 Å². The van der Waals surface area contributed by atoms with Gasteiger partial charge in [0.2, 0.25) is 5.91 Å². The molecular weight excluding hydrogens is 422 g/mol. The molecule has 2 aliphatic rings. The van der Waals surface area contributed by atoms with E-state index in [9.17, 15) is 9.59 Å². The summed E-state index contributed by atoms with van der Waals surface area (Å²) in [6.45, 7) is 4.72. The topological polar surface area (TPSA) is 53.1 Å². The molecule has 3 heterocycles. The molecule has 0 N–H and O–H groups in total. The Morgan fingerprint density at radius 2 is 1.90 bits per heavy atom. The quantitative estimate of drug-likeness (QED) is 0.660. The molecule has 160 valence electrons. The van der Waals surface area contributed by atoms with Gasteiger partial charge in [-0.3, -0.25) is 14.6 Å². The van der Waals surface area contributed by atoms with E-state index in [0.29, 0.717) is 31.2 Å². The first-order chi connectivity index (χ1) is 14.6. The first-order valence-electron chi connectivity index (χ1n) is 10.2. The monoisotopic (exact) mass is 447 g/mol. The highest BCUT2D eigenvalue weighted by atomic mass is 35.5. The van der Waals surface area contributed by atoms with Gasteiger partial charge in [-0.1, -0.05) is 29.8 Å². The predicted octanol–water partition coefficient (Wildman–Crippen LogP) is 2.82. The molecule has 0 spiro atoms. The van der Waals surface area contributed by atoms with Gasteiger partial charge in [0.25, 0.3) is 0 Å². The van der Waals surface area contributed by atoms with Crippen molar-refractivity contribution in [3.63, 3.8) is 0 Å². The summed E-state index contributed by atoms with van der Waals surface area (Å²) in [5.41, 5.74) is 2.04. The average Bonchev–Trinajstić information content (AvgIpc) is 3.24. The summed E-state index contributed by atoms with van der Waals surface area (Å²) >= 11 is 8.14. The fourth-order valence-corrected chi connectivity index (χ4v) is 5.34. The standard InChI is InChI=1S/C22H26ClN3O3S/c1-29-22(28)21(17-4-2-3-5-18(17)23)25-11-9-24(10-12-25)15-20(27)26-8-6-19-16(14-26)7-13-30-19/h2-5,7,13,21H,6,8-12,14-15H2,1H3. The molecule has 0 radical (unpaired) electrons. The summed E-state index contributed by atoms with van der Waals surface area (Å²) in [6, 6.07) is 8.99. The minimum absolute atomic E-state index is 0.177. The Hall–Kier alpha value is -1.93. The molecule has 4 rings (SSSR count). The number of esters is 1. The van der Waals surface area contributed by atoms with Gasteiger partial charge in [0.05, 0.1) is 13.7 Å². The molecule has 2 aromatic rings. The van der Waals surface area contributed by atoms with Crippen LogP contribution < -0.4 is 0 Å². The van der Waals surface area contributed by atoms with Crippen LogP contribution >= 0.6 is 22.9 Å². The van der Waals surface area contributed by atoms with Gasteiger partial charge in [0.15, 0.2) is 0 Å². The number of thiophene rings is 1. The van der Waals surface area contributed by atoms with Crippen LogP contribution in [0.5, 0.6) is 0 Å². The van der Waals surface area contributed by atoms with E-state index in [0.717, 1.165) is 31.6 Å². The molecule has 0 bridgehead atoms. The van der Waals surface area contributed by atoms with Crippen molar-refractivity contribution in [2.75, 3.05) is 46.4 Å². The number of hydrogen-bond acceptors (Lipinski definition) is 6. The SMILES string of the molecule is COC(=O)C(c1ccccc1Cl)N1CCN(CC(=O)N2CCc3sccc3C2)CC1. The number of piperazine rings is 1. The van der Waals surface area contributed by atoms with Crippen molar-refractivity contribution < 1.29 is 14.3 Å². The molecule has 6 nitrogen and oxygen atoms in total. The second-order valence-electron chi connectivity index (χ2n) is 7.69. The number of ether oxygens (including phenoxy) is 1. The number of halogens is 1. The van der Waals surface area contributed by atoms with Gasteiger partial charge in [-0.15, -0.1) is 11.3 Å². The summed E-state index contributed by atoms with van der Waals surface area (Å²) in [5.74, 6) is -0.136. The molecule has 2 aliphatic heterocycles. The summed E-state index contributed by atoms with van der Waals surface area (Å²) in [7, 11) is 1.40. The molecule has 1 aromatic heterocycles. The lowest BCUT2D eigenvalue weighted by molar-refractivity contribution is -0.148. The Morgan fingerprint density at radius 3 is 2.63 bits per heavy atom. The molecule has 1 saturated heterocycles. The smallest absolute Gasteiger partial charge is 0.327 e. The van der Waals surface area contributed by atoms with E-state index in [4.69, 9.17) is 16.3 Å². The number of fused-ring (bicyclic) bond motifs is 1. The van der Waals surface area contributed by atoms with Crippen LogP contribution in [0.1, 0.15) is 22.0 Å². The fourth-order valence-electron chi connectivity index (χ4n) is 4.21. The maximum absolute atomic E-state index is 12.8. The molecule has 1 amide bonds. The Morgan fingerprint density at radius 1 is 1.13 bits per heavy atom. The number of nitrogens with zero attached hydrogens (tertiary/aromatic N) is 3. The van der Waals surface area contributed by atoms with Crippen molar-refractivity contribution in [2.24, 2.45) is 0 Å². The van der Waals surface area contributed by atoms with Crippen LogP contribution in [0.4, 0.5) is 0 Å². The summed E-state index contributed by atoms with van der Waals surface area (Å²) in [5, 5.41) is 2.66. The van der Waals surface area contributed by atoms with Crippen molar-refractivity contribution in [1.82, 2.24) is 14.7 Å². The first-order valence-corrected chi connectivity index (χ1v) is 11.4. The minimum Gasteiger partial charge on any atom is -0.468 e. The molecule has 30 heavy (non-hydrogen) atoms. The number of methoxy groups -OCH3 is 1. The third kappa shape index (κ3) is 4.54. The van der Waals surface area contributed by atoms with E-state index in [-0.39, 0.29) is 11.9 Å². The number of carbonyl (C=O) groups excluding carboxylic acids is 2. The summed E-state index contributed by atoms with van der Waals surface area (Å²) < 4.78 is 5.05. The largest absolute Gasteiger partial charge is 0.468 e. The van der Waals surface area contributed by atoms with Gasteiger partial charge >= 0.3 is 5.97 Å². The van der Waals surface area contributed by atoms with Crippen LogP contribution in [0.25, 0.3) is 0 Å². The first kappa shape index (κ1) is 21.3. The van der Waals surface area contributed by atoms with Gasteiger partial charge in [0.1, 0.15) is 6.04 Å². The third-order valence-electron chi connectivity index (χ3n) is 5.92. The number of amides is 1. The average molecular weight is 448 g/mol. The van der Waals surface area contributed by atoms with Gasteiger partial charge in [0, 0.05) is 49.2 Å². The van der Waals surface area contributed by atoms with E-state index < -0.39 is 6.04 Å². The normalized spacial score (nSPS) is 18.7. The Balaban J connectivity index is 1.35. The molecule has 1 unspecified atom stereocenters.